The van der Waals surface area contributed by atoms with E-state index in [1.54, 1.807) is 0 Å². The normalized spacial score (nSPS) is 13.2. The first kappa shape index (κ1) is 16.3. The molecule has 1 unspecified atom stereocenters. The molecule has 21 heavy (non-hydrogen) atoms. The Balaban J connectivity index is 2.30. The van der Waals surface area contributed by atoms with E-state index in [9.17, 15) is 5.11 Å². The van der Waals surface area contributed by atoms with Gasteiger partial charge in [0, 0.05) is 4.47 Å². The molecular formula is C19H23BrO. The van der Waals surface area contributed by atoms with Crippen LogP contribution in [0.15, 0.2) is 46.9 Å². The summed E-state index contributed by atoms with van der Waals surface area (Å²) in [5.41, 5.74) is 4.48. The van der Waals surface area contributed by atoms with Crippen LogP contribution >= 0.6 is 15.9 Å². The first-order chi connectivity index (χ1) is 9.83. The molecule has 0 aliphatic heterocycles. The average molecular weight is 347 g/mol. The van der Waals surface area contributed by atoms with Crippen LogP contribution in [0.5, 0.6) is 0 Å². The Morgan fingerprint density at radius 2 is 1.67 bits per heavy atom. The standard InChI is InChI=1S/C19H23BrO/c1-5-19(3,4)16-8-6-14(7-9-16)18(21)15-10-13(2)11-17(20)12-15/h6-12,18,21H,5H2,1-4H3. The van der Waals surface area contributed by atoms with Crippen LogP contribution in [0.4, 0.5) is 0 Å². The monoisotopic (exact) mass is 346 g/mol. The number of aryl methyl sites for hydroxylation is 1. The predicted molar refractivity (Wildman–Crippen MR) is 92.7 cm³/mol. The second-order valence-corrected chi connectivity index (χ2v) is 7.24. The zero-order chi connectivity index (χ0) is 15.6. The zero-order valence-corrected chi connectivity index (χ0v) is 14.7. The van der Waals surface area contributed by atoms with Crippen molar-refractivity contribution >= 4 is 15.9 Å². The molecule has 1 atom stereocenters. The van der Waals surface area contributed by atoms with Gasteiger partial charge < -0.3 is 5.11 Å². The third kappa shape index (κ3) is 3.75. The summed E-state index contributed by atoms with van der Waals surface area (Å²) in [5.74, 6) is 0. The van der Waals surface area contributed by atoms with E-state index < -0.39 is 6.10 Å². The third-order valence-electron chi connectivity index (χ3n) is 4.27. The second-order valence-electron chi connectivity index (χ2n) is 6.32. The molecule has 0 spiro atoms. The van der Waals surface area contributed by atoms with Crippen molar-refractivity contribution in [3.8, 4) is 0 Å². The molecule has 2 aromatic rings. The van der Waals surface area contributed by atoms with Crippen LogP contribution in [-0.4, -0.2) is 5.11 Å². The molecule has 0 aliphatic carbocycles. The van der Waals surface area contributed by atoms with Crippen molar-refractivity contribution in [1.29, 1.82) is 0 Å². The molecule has 0 bridgehead atoms. The van der Waals surface area contributed by atoms with Crippen LogP contribution in [0, 0.1) is 6.92 Å². The summed E-state index contributed by atoms with van der Waals surface area (Å²) in [6, 6.07) is 14.4. The molecule has 112 valence electrons. The Labute approximate surface area is 136 Å². The highest BCUT2D eigenvalue weighted by atomic mass is 79.9. The lowest BCUT2D eigenvalue weighted by atomic mass is 9.81. The molecule has 2 rings (SSSR count). The SMILES string of the molecule is CCC(C)(C)c1ccc(C(O)c2cc(C)cc(Br)c2)cc1. The van der Waals surface area contributed by atoms with E-state index in [0.29, 0.717) is 0 Å². The molecule has 0 aliphatic rings. The number of hydrogen-bond acceptors (Lipinski definition) is 1. The Hall–Kier alpha value is -1.12. The van der Waals surface area contributed by atoms with E-state index in [0.717, 1.165) is 27.6 Å². The van der Waals surface area contributed by atoms with Gasteiger partial charge in [-0.2, -0.15) is 0 Å². The fourth-order valence-corrected chi connectivity index (χ4v) is 3.06. The topological polar surface area (TPSA) is 20.2 Å². The van der Waals surface area contributed by atoms with Gasteiger partial charge in [-0.1, -0.05) is 67.0 Å². The quantitative estimate of drug-likeness (QED) is 0.771. The van der Waals surface area contributed by atoms with Gasteiger partial charge in [0.05, 0.1) is 0 Å². The summed E-state index contributed by atoms with van der Waals surface area (Å²) in [6.07, 6.45) is 0.514. The van der Waals surface area contributed by atoms with Crippen LogP contribution in [0.1, 0.15) is 55.5 Å². The van der Waals surface area contributed by atoms with Crippen molar-refractivity contribution < 1.29 is 5.11 Å². The molecule has 1 nitrogen and oxygen atoms in total. The van der Waals surface area contributed by atoms with Crippen molar-refractivity contribution in [2.75, 3.05) is 0 Å². The number of benzene rings is 2. The van der Waals surface area contributed by atoms with E-state index >= 15 is 0 Å². The average Bonchev–Trinajstić information content (AvgIpc) is 2.45. The largest absolute Gasteiger partial charge is 0.384 e. The van der Waals surface area contributed by atoms with Gasteiger partial charge in [0.15, 0.2) is 0 Å². The van der Waals surface area contributed by atoms with Gasteiger partial charge in [-0.15, -0.1) is 0 Å². The van der Waals surface area contributed by atoms with Gasteiger partial charge in [0.1, 0.15) is 6.10 Å². The van der Waals surface area contributed by atoms with Crippen molar-refractivity contribution in [2.24, 2.45) is 0 Å². The zero-order valence-electron chi connectivity index (χ0n) is 13.2. The molecule has 0 saturated carbocycles. The van der Waals surface area contributed by atoms with E-state index in [-0.39, 0.29) is 5.41 Å². The van der Waals surface area contributed by atoms with Gasteiger partial charge in [-0.05, 0) is 53.1 Å². The highest BCUT2D eigenvalue weighted by Gasteiger charge is 2.18. The van der Waals surface area contributed by atoms with Crippen LogP contribution in [0.2, 0.25) is 0 Å². The Bertz CT molecular complexity index is 594. The fourth-order valence-electron chi connectivity index (χ4n) is 2.44. The number of rotatable bonds is 4. The van der Waals surface area contributed by atoms with Crippen molar-refractivity contribution in [3.63, 3.8) is 0 Å². The van der Waals surface area contributed by atoms with E-state index in [1.165, 1.54) is 5.56 Å². The van der Waals surface area contributed by atoms with Crippen molar-refractivity contribution in [1.82, 2.24) is 0 Å². The minimum atomic E-state index is -0.583. The molecule has 0 radical (unpaired) electrons. The number of aliphatic hydroxyl groups is 1. The summed E-state index contributed by atoms with van der Waals surface area (Å²) >= 11 is 3.49. The lowest BCUT2D eigenvalue weighted by molar-refractivity contribution is 0.220. The van der Waals surface area contributed by atoms with Gasteiger partial charge in [-0.3, -0.25) is 0 Å². The van der Waals surface area contributed by atoms with Crippen molar-refractivity contribution in [3.05, 3.63) is 69.2 Å². The maximum atomic E-state index is 10.6. The van der Waals surface area contributed by atoms with E-state index in [2.05, 4.69) is 48.8 Å². The van der Waals surface area contributed by atoms with Crippen LogP contribution in [-0.2, 0) is 5.41 Å². The molecule has 0 fully saturated rings. The Morgan fingerprint density at radius 1 is 1.05 bits per heavy atom. The summed E-state index contributed by atoms with van der Waals surface area (Å²) in [5, 5.41) is 10.6. The molecule has 0 heterocycles. The first-order valence-corrected chi connectivity index (χ1v) is 8.18. The van der Waals surface area contributed by atoms with Gasteiger partial charge >= 0.3 is 0 Å². The molecule has 2 heteroatoms. The number of halogens is 1. The number of hydrogen-bond donors (Lipinski definition) is 1. The van der Waals surface area contributed by atoms with Crippen LogP contribution in [0.3, 0.4) is 0 Å². The predicted octanol–water partition coefficient (Wildman–Crippen LogP) is 5.53. The van der Waals surface area contributed by atoms with Crippen molar-refractivity contribution in [2.45, 2.75) is 45.6 Å². The molecule has 2 aromatic carbocycles. The fraction of sp³-hybridized carbons (Fsp3) is 0.368. The highest BCUT2D eigenvalue weighted by Crippen LogP contribution is 2.30. The summed E-state index contributed by atoms with van der Waals surface area (Å²) < 4.78 is 1.00. The minimum Gasteiger partial charge on any atom is -0.384 e. The lowest BCUT2D eigenvalue weighted by Crippen LogP contribution is -2.15. The summed E-state index contributed by atoms with van der Waals surface area (Å²) in [6.45, 7) is 8.73. The molecule has 0 aromatic heterocycles. The Morgan fingerprint density at radius 3 is 2.19 bits per heavy atom. The first-order valence-electron chi connectivity index (χ1n) is 7.39. The van der Waals surface area contributed by atoms with E-state index in [1.807, 2.05) is 37.3 Å². The molecule has 1 N–H and O–H groups in total. The second kappa shape index (κ2) is 6.33. The third-order valence-corrected chi connectivity index (χ3v) is 4.73. The van der Waals surface area contributed by atoms with Gasteiger partial charge in [0.2, 0.25) is 0 Å². The molecule has 0 amide bonds. The van der Waals surface area contributed by atoms with Gasteiger partial charge in [-0.25, -0.2) is 0 Å². The van der Waals surface area contributed by atoms with Crippen LogP contribution < -0.4 is 0 Å². The maximum Gasteiger partial charge on any atom is 0.104 e. The molecular weight excluding hydrogens is 324 g/mol. The Kier molecular flexibility index (Phi) is 4.90. The molecule has 0 saturated heterocycles. The number of aliphatic hydroxyl groups excluding tert-OH is 1. The smallest absolute Gasteiger partial charge is 0.104 e. The summed E-state index contributed by atoms with van der Waals surface area (Å²) in [7, 11) is 0. The van der Waals surface area contributed by atoms with Gasteiger partial charge in [0.25, 0.3) is 0 Å². The van der Waals surface area contributed by atoms with Crippen LogP contribution in [0.25, 0.3) is 0 Å². The highest BCUT2D eigenvalue weighted by molar-refractivity contribution is 9.10. The minimum absolute atomic E-state index is 0.176. The van der Waals surface area contributed by atoms with E-state index in [4.69, 9.17) is 0 Å². The summed E-state index contributed by atoms with van der Waals surface area (Å²) in [4.78, 5) is 0. The lowest BCUT2D eigenvalue weighted by Gasteiger charge is -2.24. The maximum absolute atomic E-state index is 10.6.